The van der Waals surface area contributed by atoms with Crippen LogP contribution >= 0.6 is 0 Å². The first-order chi connectivity index (χ1) is 58.5. The van der Waals surface area contributed by atoms with Crippen LogP contribution in [0.15, 0.2) is 133 Å². The van der Waals surface area contributed by atoms with Crippen molar-refractivity contribution in [1.29, 1.82) is 0 Å². The number of rotatable bonds is 64. The van der Waals surface area contributed by atoms with Gasteiger partial charge in [0.2, 0.25) is 0 Å². The second-order valence-electron chi connectivity index (χ2n) is 35.3. The second kappa shape index (κ2) is 59.8. The Balaban J connectivity index is 0.806. The molecular weight excluding hydrogens is 1430 g/mol. The van der Waals surface area contributed by atoms with Gasteiger partial charge in [-0.1, -0.05) is 410 Å². The van der Waals surface area contributed by atoms with Gasteiger partial charge in [-0.15, -0.1) is 0 Å². The molecule has 0 atom stereocenters. The largest absolute Gasteiger partial charge is 0.372 e. The van der Waals surface area contributed by atoms with Gasteiger partial charge in [-0.25, -0.2) is 9.97 Å². The maximum atomic E-state index is 5.28. The smallest absolute Gasteiger partial charge is 0.0737 e. The number of nitrogens with zero attached hydrogens (tertiary/aromatic N) is 4. The van der Waals surface area contributed by atoms with E-state index in [0.29, 0.717) is 0 Å². The highest BCUT2D eigenvalue weighted by Crippen LogP contribution is 2.34. The van der Waals surface area contributed by atoms with Crippen molar-refractivity contribution < 1.29 is 0 Å². The normalized spacial score (nSPS) is 11.7. The molecule has 638 valence electrons. The molecule has 0 radical (unpaired) electrons. The van der Waals surface area contributed by atoms with Crippen LogP contribution in [0.25, 0.3) is 68.6 Å². The molecule has 7 aromatic rings. The van der Waals surface area contributed by atoms with Gasteiger partial charge in [0.25, 0.3) is 0 Å². The van der Waals surface area contributed by atoms with Crippen molar-refractivity contribution in [2.75, 3.05) is 36.0 Å². The highest BCUT2D eigenvalue weighted by Gasteiger charge is 2.17. The Hall–Kier alpha value is -7.80. The minimum Gasteiger partial charge on any atom is -0.372 e. The third-order valence-electron chi connectivity index (χ3n) is 25.0. The average molecular weight is 1590 g/mol. The lowest BCUT2D eigenvalue weighted by atomic mass is 10.0. The van der Waals surface area contributed by atoms with E-state index >= 15 is 0 Å². The fraction of sp³-hybridized carbons (Fsp3) is 0.571. The number of aromatic nitrogens is 4. The predicted molar refractivity (Wildman–Crippen MR) is 520 cm³/mol. The van der Waals surface area contributed by atoms with E-state index in [0.717, 1.165) is 116 Å². The molecule has 2 N–H and O–H groups in total. The van der Waals surface area contributed by atoms with Crippen LogP contribution < -0.4 is 9.80 Å². The van der Waals surface area contributed by atoms with Crippen molar-refractivity contribution in [2.45, 2.75) is 387 Å². The molecule has 9 rings (SSSR count). The van der Waals surface area contributed by atoms with Gasteiger partial charge in [-0.2, -0.15) is 0 Å². The van der Waals surface area contributed by atoms with E-state index in [1.165, 1.54) is 371 Å². The number of unbranched alkanes of at least 4 members (excludes halogenated alkanes) is 52. The molecule has 2 aliphatic rings. The SMILES string of the molecule is CCCCCCCCCCCCCCCCN(CCCCCCCCCCCCCCCC)c1ccc(C#Cc2ccc(-c3c4nc(cc5ccc([nH]5)c(-c5ccc(C#Cc6ccc(N(CCCCCCCCCCCCCCCC)CCCCCCCCCCCCCCCC)cc6)cc5)c5ccc(cc6nc3C=C6)[nH]5)C=C4)cc2)cc1. The Kier molecular flexibility index (Phi) is 47.7. The highest BCUT2D eigenvalue weighted by molar-refractivity contribution is 5.94. The van der Waals surface area contributed by atoms with Crippen molar-refractivity contribution >= 4 is 57.7 Å². The van der Waals surface area contributed by atoms with Crippen molar-refractivity contribution in [3.05, 3.63) is 178 Å². The average Bonchev–Trinajstić information content (AvgIpc) is 1.64. The van der Waals surface area contributed by atoms with Crippen LogP contribution in [0.1, 0.15) is 432 Å². The van der Waals surface area contributed by atoms with Crippen LogP contribution in [0, 0.1) is 23.7 Å². The van der Waals surface area contributed by atoms with E-state index in [1.807, 2.05) is 0 Å². The molecule has 5 heterocycles. The number of hydrogen-bond donors (Lipinski definition) is 2. The molecular formula is C112H160N6. The Morgan fingerprint density at radius 2 is 0.449 bits per heavy atom. The summed E-state index contributed by atoms with van der Waals surface area (Å²) >= 11 is 0. The van der Waals surface area contributed by atoms with E-state index in [4.69, 9.17) is 9.97 Å². The molecule has 0 unspecified atom stereocenters. The summed E-state index contributed by atoms with van der Waals surface area (Å²) in [6.45, 7) is 13.8. The van der Waals surface area contributed by atoms with Gasteiger partial charge in [-0.3, -0.25) is 0 Å². The quantitative estimate of drug-likeness (QED) is 0.0295. The maximum Gasteiger partial charge on any atom is 0.0737 e. The Morgan fingerprint density at radius 3 is 0.695 bits per heavy atom. The van der Waals surface area contributed by atoms with Crippen LogP contribution in [-0.4, -0.2) is 46.1 Å². The van der Waals surface area contributed by atoms with E-state index in [9.17, 15) is 0 Å². The molecule has 0 spiro atoms. The Morgan fingerprint density at radius 1 is 0.229 bits per heavy atom. The number of nitrogens with one attached hydrogen (secondary N) is 2. The van der Waals surface area contributed by atoms with Crippen LogP contribution in [-0.2, 0) is 0 Å². The zero-order chi connectivity index (χ0) is 82.0. The third-order valence-corrected chi connectivity index (χ3v) is 25.0. The van der Waals surface area contributed by atoms with Gasteiger partial charge in [0.1, 0.15) is 0 Å². The Labute approximate surface area is 720 Å². The molecule has 0 aliphatic carbocycles. The summed E-state index contributed by atoms with van der Waals surface area (Å²) in [6, 6.07) is 48.6. The third kappa shape index (κ3) is 37.5. The first-order valence-corrected chi connectivity index (χ1v) is 49.5. The lowest BCUT2D eigenvalue weighted by Crippen LogP contribution is -2.25. The Bertz CT molecular complexity index is 4000. The summed E-state index contributed by atoms with van der Waals surface area (Å²) in [6.07, 6.45) is 86.5. The molecule has 0 saturated heterocycles. The van der Waals surface area contributed by atoms with Crippen LogP contribution in [0.4, 0.5) is 11.4 Å². The highest BCUT2D eigenvalue weighted by atomic mass is 15.1. The topological polar surface area (TPSA) is 63.8 Å². The molecule has 0 saturated carbocycles. The number of anilines is 2. The van der Waals surface area contributed by atoms with Gasteiger partial charge in [0, 0.05) is 93.0 Å². The monoisotopic (exact) mass is 1590 g/mol. The molecule has 4 aromatic carbocycles. The van der Waals surface area contributed by atoms with Crippen molar-refractivity contribution in [3.63, 3.8) is 0 Å². The fourth-order valence-corrected chi connectivity index (χ4v) is 17.6. The van der Waals surface area contributed by atoms with Gasteiger partial charge in [0.05, 0.1) is 22.8 Å². The molecule has 6 heteroatoms. The summed E-state index contributed by atoms with van der Waals surface area (Å²) < 4.78 is 0. The number of hydrogen-bond acceptors (Lipinski definition) is 4. The molecule has 0 fully saturated rings. The summed E-state index contributed by atoms with van der Waals surface area (Å²) in [5.41, 5.74) is 18.5. The van der Waals surface area contributed by atoms with Crippen molar-refractivity contribution in [2.24, 2.45) is 0 Å². The van der Waals surface area contributed by atoms with Gasteiger partial charge >= 0.3 is 0 Å². The van der Waals surface area contributed by atoms with E-state index in [2.05, 4.69) is 229 Å². The summed E-state index contributed by atoms with van der Waals surface area (Å²) in [4.78, 5) is 23.5. The van der Waals surface area contributed by atoms with Gasteiger partial charge < -0.3 is 19.8 Å². The lowest BCUT2D eigenvalue weighted by molar-refractivity contribution is 0.529. The van der Waals surface area contributed by atoms with E-state index < -0.39 is 0 Å². The van der Waals surface area contributed by atoms with Crippen molar-refractivity contribution in [3.8, 4) is 45.9 Å². The fourth-order valence-electron chi connectivity index (χ4n) is 17.6. The number of fused-ring (bicyclic) bond motifs is 8. The second-order valence-corrected chi connectivity index (χ2v) is 35.3. The zero-order valence-corrected chi connectivity index (χ0v) is 75.2. The lowest BCUT2D eigenvalue weighted by Gasteiger charge is -2.25. The first kappa shape index (κ1) is 94.1. The van der Waals surface area contributed by atoms with Crippen LogP contribution in [0.3, 0.4) is 0 Å². The van der Waals surface area contributed by atoms with Crippen molar-refractivity contribution in [1.82, 2.24) is 19.9 Å². The minimum absolute atomic E-state index is 0.881. The number of benzene rings is 4. The molecule has 8 bridgehead atoms. The summed E-state index contributed by atoms with van der Waals surface area (Å²) in [5, 5.41) is 0. The molecule has 3 aromatic heterocycles. The predicted octanol–water partition coefficient (Wildman–Crippen LogP) is 34.3. The molecule has 0 amide bonds. The number of H-pyrrole nitrogens is 2. The minimum atomic E-state index is 0.881. The number of aromatic amines is 2. The van der Waals surface area contributed by atoms with E-state index in [1.54, 1.807) is 0 Å². The summed E-state index contributed by atoms with van der Waals surface area (Å²) in [7, 11) is 0. The molecule has 2 aliphatic heterocycles. The van der Waals surface area contributed by atoms with Gasteiger partial charge in [-0.05, 0) is 170 Å². The zero-order valence-electron chi connectivity index (χ0n) is 75.2. The van der Waals surface area contributed by atoms with Crippen LogP contribution in [0.2, 0.25) is 0 Å². The summed E-state index contributed by atoms with van der Waals surface area (Å²) in [5.74, 6) is 14.1. The molecule has 118 heavy (non-hydrogen) atoms. The standard InChI is InChI=1S/C112H160N6/c1-5-9-13-17-21-25-29-33-37-41-45-49-53-57-89-117(90-58-54-50-46-42-38-34-30-26-22-18-14-10-6-2)105-81-69-97(70-82-105)63-61-95-65-73-99(74-66-95)111-107-85-77-101(113-107)93-103-79-87-109(115-103)112(110-88-80-104(116-110)94-102-78-86-108(111)114-102)100-75-67-96(68-76-100)62-64-98-71-83-106(84-72-98)118(91-59-55-51-47-43-39-35-31-27-23-19-15-11-7-3)92-60-56-52-48-44-40-36-32-28-24-20-16-12-8-4/h65-88,93-94,113-114H,5-60,89-92H2,1-4H3. The first-order valence-electron chi connectivity index (χ1n) is 49.5. The molecule has 6 nitrogen and oxygen atoms in total. The van der Waals surface area contributed by atoms with E-state index in [-0.39, 0.29) is 0 Å². The van der Waals surface area contributed by atoms with Gasteiger partial charge in [0.15, 0.2) is 0 Å². The maximum absolute atomic E-state index is 5.28. The van der Waals surface area contributed by atoms with Crippen LogP contribution in [0.5, 0.6) is 0 Å².